The van der Waals surface area contributed by atoms with Crippen LogP contribution in [0.4, 0.5) is 0 Å². The molecule has 0 saturated carbocycles. The van der Waals surface area contributed by atoms with Gasteiger partial charge in [0.2, 0.25) is 0 Å². The van der Waals surface area contributed by atoms with Crippen molar-refractivity contribution in [1.29, 1.82) is 0 Å². The molecular weight excluding hydrogens is 949 g/mol. The molecule has 1 fully saturated rings. The Morgan fingerprint density at radius 3 is 1.28 bits per heavy atom. The standard InChI is InChI=1S/C63H112O12/c1-4-7-10-13-16-19-22-25-26-27-28-29-30-33-34-37-40-43-46-49-55(64)71-52-54(73-56(65)50-47-44-41-38-35-31-23-20-17-14-11-8-5-2)53-72-63-61(59(68)58(67)60(75-63)62(69)70)74-57(66)51-48-45-42-39-36-32-24-21-18-15-12-9-6-3/h9,12,18,21,32,36,54,58-61,63,67-68H,4-8,10-11,13-17,19-20,22-31,33-35,37-53H2,1-3H3,(H,69,70)/b12-9-,21-18-,36-32-. The summed E-state index contributed by atoms with van der Waals surface area (Å²) in [6.07, 6.45) is 48.4. The second-order valence-corrected chi connectivity index (χ2v) is 21.3. The number of esters is 3. The molecule has 75 heavy (non-hydrogen) atoms. The third-order valence-corrected chi connectivity index (χ3v) is 14.2. The lowest BCUT2D eigenvalue weighted by atomic mass is 9.98. The van der Waals surface area contributed by atoms with Crippen molar-refractivity contribution < 1.29 is 58.2 Å². The van der Waals surface area contributed by atoms with Gasteiger partial charge in [0.05, 0.1) is 6.61 Å². The quantitative estimate of drug-likeness (QED) is 0.0228. The highest BCUT2D eigenvalue weighted by molar-refractivity contribution is 5.74. The number of carboxylic acids is 1. The number of carbonyl (C=O) groups is 4. The van der Waals surface area contributed by atoms with Crippen molar-refractivity contribution in [2.75, 3.05) is 13.2 Å². The topological polar surface area (TPSA) is 175 Å². The average Bonchev–Trinajstić information content (AvgIpc) is 3.39. The molecule has 0 aliphatic carbocycles. The fourth-order valence-corrected chi connectivity index (χ4v) is 9.50. The van der Waals surface area contributed by atoms with Crippen LogP contribution in [0.5, 0.6) is 0 Å². The summed E-state index contributed by atoms with van der Waals surface area (Å²) >= 11 is 0. The van der Waals surface area contributed by atoms with E-state index in [1.54, 1.807) is 0 Å². The summed E-state index contributed by atoms with van der Waals surface area (Å²) in [5, 5.41) is 31.5. The number of aliphatic hydroxyl groups is 2. The normalized spacial score (nSPS) is 18.3. The van der Waals surface area contributed by atoms with E-state index >= 15 is 0 Å². The highest BCUT2D eigenvalue weighted by Gasteiger charge is 2.50. The summed E-state index contributed by atoms with van der Waals surface area (Å²) in [5.41, 5.74) is 0. The van der Waals surface area contributed by atoms with Crippen LogP contribution in [-0.2, 0) is 42.9 Å². The smallest absolute Gasteiger partial charge is 0.335 e. The Morgan fingerprint density at radius 2 is 0.840 bits per heavy atom. The van der Waals surface area contributed by atoms with Crippen molar-refractivity contribution >= 4 is 23.9 Å². The van der Waals surface area contributed by atoms with Crippen molar-refractivity contribution in [3.63, 3.8) is 0 Å². The molecular formula is C63H112O12. The molecule has 1 aliphatic heterocycles. The number of hydrogen-bond donors (Lipinski definition) is 3. The maximum absolute atomic E-state index is 13.1. The molecule has 0 amide bonds. The number of ether oxygens (including phenoxy) is 5. The molecule has 6 unspecified atom stereocenters. The number of carbonyl (C=O) groups excluding carboxylic acids is 3. The predicted octanol–water partition coefficient (Wildman–Crippen LogP) is 16.0. The average molecular weight is 1060 g/mol. The molecule has 0 aromatic carbocycles. The maximum atomic E-state index is 13.1. The Kier molecular flexibility index (Phi) is 48.2. The highest BCUT2D eigenvalue weighted by Crippen LogP contribution is 2.27. The fraction of sp³-hybridized carbons (Fsp3) is 0.841. The van der Waals surface area contributed by atoms with E-state index in [0.29, 0.717) is 19.3 Å². The van der Waals surface area contributed by atoms with Crippen LogP contribution in [0.25, 0.3) is 0 Å². The first-order valence-electron chi connectivity index (χ1n) is 31.0. The number of carboxylic acid groups (broad SMARTS) is 1. The fourth-order valence-electron chi connectivity index (χ4n) is 9.50. The minimum Gasteiger partial charge on any atom is -0.479 e. The van der Waals surface area contributed by atoms with Gasteiger partial charge in [-0.05, 0) is 51.4 Å². The zero-order valence-corrected chi connectivity index (χ0v) is 48.1. The van der Waals surface area contributed by atoms with Crippen molar-refractivity contribution in [1.82, 2.24) is 0 Å². The molecule has 1 aliphatic rings. The van der Waals surface area contributed by atoms with Gasteiger partial charge in [-0.3, -0.25) is 14.4 Å². The van der Waals surface area contributed by atoms with Gasteiger partial charge in [0.15, 0.2) is 24.6 Å². The first kappa shape index (κ1) is 70.0. The number of hydrogen-bond acceptors (Lipinski definition) is 11. The zero-order chi connectivity index (χ0) is 54.7. The van der Waals surface area contributed by atoms with Crippen LogP contribution < -0.4 is 0 Å². The molecule has 3 N–H and O–H groups in total. The van der Waals surface area contributed by atoms with E-state index in [0.717, 1.165) is 77.0 Å². The van der Waals surface area contributed by atoms with E-state index in [1.165, 1.54) is 154 Å². The van der Waals surface area contributed by atoms with Crippen LogP contribution in [0.15, 0.2) is 36.5 Å². The first-order valence-corrected chi connectivity index (χ1v) is 31.0. The largest absolute Gasteiger partial charge is 0.479 e. The molecule has 0 aromatic rings. The molecule has 12 nitrogen and oxygen atoms in total. The second kappa shape index (κ2) is 51.7. The van der Waals surface area contributed by atoms with Gasteiger partial charge in [-0.25, -0.2) is 4.79 Å². The van der Waals surface area contributed by atoms with Crippen LogP contribution in [-0.4, -0.2) is 89.2 Å². The molecule has 12 heteroatoms. The van der Waals surface area contributed by atoms with Gasteiger partial charge in [-0.1, -0.05) is 256 Å². The first-order chi connectivity index (χ1) is 36.6. The van der Waals surface area contributed by atoms with E-state index < -0.39 is 67.3 Å². The van der Waals surface area contributed by atoms with Gasteiger partial charge in [0.1, 0.15) is 18.8 Å². The molecule has 0 aromatic heterocycles. The van der Waals surface area contributed by atoms with Crippen LogP contribution in [0.3, 0.4) is 0 Å². The molecule has 1 saturated heterocycles. The van der Waals surface area contributed by atoms with Crippen molar-refractivity contribution in [3.05, 3.63) is 36.5 Å². The van der Waals surface area contributed by atoms with E-state index in [-0.39, 0.29) is 25.9 Å². The molecule has 0 bridgehead atoms. The lowest BCUT2D eigenvalue weighted by Crippen LogP contribution is -2.61. The van der Waals surface area contributed by atoms with Crippen LogP contribution in [0.1, 0.15) is 290 Å². The van der Waals surface area contributed by atoms with E-state index in [9.17, 15) is 34.5 Å². The molecule has 1 rings (SSSR count). The highest BCUT2D eigenvalue weighted by atomic mass is 16.7. The lowest BCUT2D eigenvalue weighted by molar-refractivity contribution is -0.301. The number of aliphatic carboxylic acids is 1. The Morgan fingerprint density at radius 1 is 0.453 bits per heavy atom. The number of rotatable bonds is 53. The molecule has 0 spiro atoms. The third kappa shape index (κ3) is 41.7. The minimum absolute atomic E-state index is 0.0288. The van der Waals surface area contributed by atoms with Gasteiger partial charge in [0.25, 0.3) is 0 Å². The maximum Gasteiger partial charge on any atom is 0.335 e. The molecule has 436 valence electrons. The molecule has 0 radical (unpaired) electrons. The summed E-state index contributed by atoms with van der Waals surface area (Å²) in [5.74, 6) is -3.13. The van der Waals surface area contributed by atoms with E-state index in [2.05, 4.69) is 57.2 Å². The SMILES string of the molecule is CC/C=C\C/C=C\C/C=C\CCCCCC(=O)OC1C(OCC(COC(=O)CCCCCCCCCCCCCCCCCCCCC)OC(=O)CCCCCCCCCCCCCCC)OC(C(=O)O)C(O)C1O. The Labute approximate surface area is 457 Å². The number of unbranched alkanes of at least 4 members (excludes halogenated alkanes) is 33. The third-order valence-electron chi connectivity index (χ3n) is 14.2. The monoisotopic (exact) mass is 1060 g/mol. The Balaban J connectivity index is 2.65. The second-order valence-electron chi connectivity index (χ2n) is 21.3. The summed E-state index contributed by atoms with van der Waals surface area (Å²) in [6, 6.07) is 0. The van der Waals surface area contributed by atoms with Gasteiger partial charge in [-0.15, -0.1) is 0 Å². The summed E-state index contributed by atoms with van der Waals surface area (Å²) in [4.78, 5) is 51.1. The van der Waals surface area contributed by atoms with Gasteiger partial charge < -0.3 is 39.0 Å². The van der Waals surface area contributed by atoms with Crippen LogP contribution in [0, 0.1) is 0 Å². The Bertz CT molecular complexity index is 1450. The lowest BCUT2D eigenvalue weighted by Gasteiger charge is -2.40. The molecule has 6 atom stereocenters. The minimum atomic E-state index is -1.91. The van der Waals surface area contributed by atoms with E-state index in [4.69, 9.17) is 23.7 Å². The van der Waals surface area contributed by atoms with Crippen LogP contribution >= 0.6 is 0 Å². The number of allylic oxidation sites excluding steroid dienone is 6. The zero-order valence-electron chi connectivity index (χ0n) is 48.1. The van der Waals surface area contributed by atoms with Gasteiger partial charge in [0, 0.05) is 19.3 Å². The molecule has 1 heterocycles. The van der Waals surface area contributed by atoms with E-state index in [1.807, 2.05) is 0 Å². The van der Waals surface area contributed by atoms with Crippen molar-refractivity contribution in [2.24, 2.45) is 0 Å². The van der Waals surface area contributed by atoms with Gasteiger partial charge >= 0.3 is 23.9 Å². The summed E-state index contributed by atoms with van der Waals surface area (Å²) in [7, 11) is 0. The summed E-state index contributed by atoms with van der Waals surface area (Å²) < 4.78 is 28.4. The van der Waals surface area contributed by atoms with Gasteiger partial charge in [-0.2, -0.15) is 0 Å². The van der Waals surface area contributed by atoms with Crippen LogP contribution in [0.2, 0.25) is 0 Å². The van der Waals surface area contributed by atoms with Crippen molar-refractivity contribution in [3.8, 4) is 0 Å². The predicted molar refractivity (Wildman–Crippen MR) is 303 cm³/mol. The number of aliphatic hydroxyl groups excluding tert-OH is 2. The Hall–Kier alpha value is -3.06. The van der Waals surface area contributed by atoms with Crippen molar-refractivity contribution in [2.45, 2.75) is 327 Å². The summed E-state index contributed by atoms with van der Waals surface area (Å²) in [6.45, 7) is 5.90.